The molecule has 8 nitrogen and oxygen atoms in total. The summed E-state index contributed by atoms with van der Waals surface area (Å²) in [5.74, 6) is -5.05. The molecule has 1 fully saturated rings. The van der Waals surface area contributed by atoms with Crippen LogP contribution in [-0.2, 0) is 23.9 Å². The highest BCUT2D eigenvalue weighted by atomic mass is 16.6. The van der Waals surface area contributed by atoms with Crippen LogP contribution in [0.1, 0.15) is 60.8 Å². The van der Waals surface area contributed by atoms with Crippen molar-refractivity contribution in [1.82, 2.24) is 0 Å². The second-order valence-corrected chi connectivity index (χ2v) is 11.3. The van der Waals surface area contributed by atoms with Gasteiger partial charge in [0.1, 0.15) is 17.3 Å². The van der Waals surface area contributed by atoms with Gasteiger partial charge in [0.2, 0.25) is 0 Å². The van der Waals surface area contributed by atoms with Crippen LogP contribution in [0.25, 0.3) is 0 Å². The van der Waals surface area contributed by atoms with E-state index in [4.69, 9.17) is 9.47 Å². The molecule has 8 atom stereocenters. The summed E-state index contributed by atoms with van der Waals surface area (Å²) in [6, 6.07) is 0. The summed E-state index contributed by atoms with van der Waals surface area (Å²) in [6.07, 6.45) is 14.2. The molecule has 0 saturated heterocycles. The monoisotopic (exact) mass is 542 g/mol. The molecule has 0 spiro atoms. The molecule has 0 aromatic heterocycles. The Labute approximate surface area is 230 Å². The highest BCUT2D eigenvalue weighted by molar-refractivity contribution is 6.04. The Balaban J connectivity index is 2.06. The molecule has 39 heavy (non-hydrogen) atoms. The topological polar surface area (TPSA) is 130 Å². The smallest absolute Gasteiger partial charge is 0.331 e. The van der Waals surface area contributed by atoms with Gasteiger partial charge in [0.25, 0.3) is 0 Å². The van der Waals surface area contributed by atoms with Gasteiger partial charge in [0, 0.05) is 43.1 Å². The molecular formula is C31H42O8. The number of esters is 2. The molecule has 3 N–H and O–H groups in total. The lowest BCUT2D eigenvalue weighted by molar-refractivity contribution is -0.264. The number of aliphatic hydroxyl groups is 3. The number of hydrogen-bond acceptors (Lipinski definition) is 8. The zero-order valence-corrected chi connectivity index (χ0v) is 23.7. The normalized spacial score (nSPS) is 38.4. The average molecular weight is 543 g/mol. The first kappa shape index (κ1) is 30.7. The number of carbonyl (C=O) groups excluding carboxylic acids is 3. The molecule has 0 amide bonds. The Morgan fingerprint density at radius 2 is 1.77 bits per heavy atom. The number of fused-ring (bicyclic) bond motifs is 3. The number of aliphatic hydroxyl groups excluding tert-OH is 1. The Bertz CT molecular complexity index is 1130. The predicted molar refractivity (Wildman–Crippen MR) is 146 cm³/mol. The van der Waals surface area contributed by atoms with Gasteiger partial charge in [-0.15, -0.1) is 0 Å². The third-order valence-corrected chi connectivity index (χ3v) is 8.78. The maximum Gasteiger partial charge on any atom is 0.331 e. The quantitative estimate of drug-likeness (QED) is 0.184. The summed E-state index contributed by atoms with van der Waals surface area (Å²) in [5.41, 5.74) is -4.36. The van der Waals surface area contributed by atoms with Crippen molar-refractivity contribution >= 4 is 17.7 Å². The lowest BCUT2D eigenvalue weighted by Crippen LogP contribution is -2.71. The first-order chi connectivity index (χ1) is 18.3. The molecule has 0 bridgehead atoms. The Morgan fingerprint density at radius 3 is 2.38 bits per heavy atom. The van der Waals surface area contributed by atoms with E-state index in [0.29, 0.717) is 11.1 Å². The Morgan fingerprint density at radius 1 is 1.10 bits per heavy atom. The van der Waals surface area contributed by atoms with Crippen molar-refractivity contribution in [2.45, 2.75) is 83.7 Å². The highest BCUT2D eigenvalue weighted by Crippen LogP contribution is 2.59. The molecule has 214 valence electrons. The standard InChI is InChI=1S/C31H42O8/c1-7-8-9-10-11-12-13-14-26(34)38-28-21(4)31(37)24(20(3)29(28,6)39-22(5)33)16-23(18-32)17-30(36)25(31)15-19(2)27(30)35/h9-16,20-21,24-25,28,32,36-37H,7-8,17-18H2,1-6H3/b10-9+,12-11+,14-13+/t20-,21+,24?,25?,28+,29+,30+,31+/m0/s1. The van der Waals surface area contributed by atoms with Crippen molar-refractivity contribution in [2.24, 2.45) is 23.7 Å². The van der Waals surface area contributed by atoms with Crippen molar-refractivity contribution in [3.63, 3.8) is 0 Å². The number of rotatable bonds is 8. The molecule has 0 aliphatic heterocycles. The summed E-state index contributed by atoms with van der Waals surface area (Å²) in [4.78, 5) is 38.3. The molecule has 8 heteroatoms. The van der Waals surface area contributed by atoms with Crippen LogP contribution in [0.2, 0.25) is 0 Å². The molecule has 1 saturated carbocycles. The Hall–Kier alpha value is -2.81. The zero-order chi connectivity index (χ0) is 29.2. The van der Waals surface area contributed by atoms with Crippen LogP contribution in [0.5, 0.6) is 0 Å². The van der Waals surface area contributed by atoms with Gasteiger partial charge >= 0.3 is 11.9 Å². The van der Waals surface area contributed by atoms with E-state index in [1.54, 1.807) is 58.1 Å². The van der Waals surface area contributed by atoms with Crippen LogP contribution < -0.4 is 0 Å². The predicted octanol–water partition coefficient (Wildman–Crippen LogP) is 3.52. The van der Waals surface area contributed by atoms with E-state index in [9.17, 15) is 29.7 Å². The van der Waals surface area contributed by atoms with Crippen LogP contribution in [0.3, 0.4) is 0 Å². The first-order valence-corrected chi connectivity index (χ1v) is 13.7. The second-order valence-electron chi connectivity index (χ2n) is 11.3. The fraction of sp³-hybridized carbons (Fsp3) is 0.581. The lowest BCUT2D eigenvalue weighted by Gasteiger charge is -2.59. The van der Waals surface area contributed by atoms with Gasteiger partial charge in [-0.25, -0.2) is 4.79 Å². The minimum atomic E-state index is -1.96. The molecule has 0 radical (unpaired) electrons. The van der Waals surface area contributed by atoms with Crippen LogP contribution in [-0.4, -0.2) is 62.6 Å². The number of carbonyl (C=O) groups is 3. The van der Waals surface area contributed by atoms with E-state index in [-0.39, 0.29) is 6.42 Å². The number of unbranched alkanes of at least 4 members (excludes halogenated alkanes) is 1. The van der Waals surface area contributed by atoms with Gasteiger partial charge in [-0.1, -0.05) is 69.7 Å². The summed E-state index contributed by atoms with van der Waals surface area (Å²) >= 11 is 0. The van der Waals surface area contributed by atoms with Gasteiger partial charge in [-0.3, -0.25) is 9.59 Å². The molecular weight excluding hydrogens is 500 g/mol. The van der Waals surface area contributed by atoms with Crippen LogP contribution in [0.4, 0.5) is 0 Å². The van der Waals surface area contributed by atoms with Gasteiger partial charge in [0.05, 0.1) is 12.2 Å². The second kappa shape index (κ2) is 11.7. The van der Waals surface area contributed by atoms with Crippen LogP contribution >= 0.6 is 0 Å². The molecule has 0 aromatic rings. The fourth-order valence-corrected chi connectivity index (χ4v) is 6.70. The highest BCUT2D eigenvalue weighted by Gasteiger charge is 2.70. The zero-order valence-electron chi connectivity index (χ0n) is 23.7. The molecule has 0 aromatic carbocycles. The van der Waals surface area contributed by atoms with Crippen molar-refractivity contribution in [3.05, 3.63) is 59.8 Å². The maximum absolute atomic E-state index is 13.1. The Kier molecular flexibility index (Phi) is 9.25. The number of ether oxygens (including phenoxy) is 2. The van der Waals surface area contributed by atoms with Crippen molar-refractivity contribution in [1.29, 1.82) is 0 Å². The van der Waals surface area contributed by atoms with Crippen molar-refractivity contribution in [3.8, 4) is 0 Å². The summed E-state index contributed by atoms with van der Waals surface area (Å²) < 4.78 is 11.7. The first-order valence-electron chi connectivity index (χ1n) is 13.7. The van der Waals surface area contributed by atoms with E-state index in [1.807, 2.05) is 12.2 Å². The molecule has 3 aliphatic carbocycles. The minimum Gasteiger partial charge on any atom is -0.455 e. The van der Waals surface area contributed by atoms with E-state index in [0.717, 1.165) is 12.8 Å². The van der Waals surface area contributed by atoms with E-state index in [2.05, 4.69) is 6.92 Å². The third kappa shape index (κ3) is 5.47. The average Bonchev–Trinajstić information content (AvgIpc) is 3.04. The van der Waals surface area contributed by atoms with Crippen molar-refractivity contribution < 1.29 is 39.2 Å². The van der Waals surface area contributed by atoms with Gasteiger partial charge < -0.3 is 24.8 Å². The van der Waals surface area contributed by atoms with Gasteiger partial charge in [-0.05, 0) is 31.4 Å². The lowest BCUT2D eigenvalue weighted by atomic mass is 9.52. The number of allylic oxidation sites excluding steroid dienone is 5. The maximum atomic E-state index is 13.1. The molecule has 0 heterocycles. The van der Waals surface area contributed by atoms with E-state index < -0.39 is 70.9 Å². The number of hydrogen-bond donors (Lipinski definition) is 3. The number of ketones is 1. The largest absolute Gasteiger partial charge is 0.455 e. The molecule has 2 unspecified atom stereocenters. The third-order valence-electron chi connectivity index (χ3n) is 8.78. The summed E-state index contributed by atoms with van der Waals surface area (Å²) in [6.45, 7) is 9.63. The molecule has 3 aliphatic rings. The van der Waals surface area contributed by atoms with Gasteiger partial charge in [0.15, 0.2) is 5.78 Å². The summed E-state index contributed by atoms with van der Waals surface area (Å²) in [7, 11) is 0. The van der Waals surface area contributed by atoms with E-state index >= 15 is 0 Å². The SMILES string of the molecule is CCC/C=C/C=C/C=C/C(=O)O[C@@H]1[C@@H](C)[C@@]2(O)C(C=C(CO)C[C@]3(O)C(=O)C(C)=CC23)[C@H](C)[C@@]1(C)OC(C)=O. The van der Waals surface area contributed by atoms with Crippen molar-refractivity contribution in [2.75, 3.05) is 6.61 Å². The van der Waals surface area contributed by atoms with Crippen LogP contribution in [0.15, 0.2) is 59.8 Å². The molecule has 3 rings (SSSR count). The van der Waals surface area contributed by atoms with Gasteiger partial charge in [-0.2, -0.15) is 0 Å². The van der Waals surface area contributed by atoms with E-state index in [1.165, 1.54) is 13.0 Å². The fourth-order valence-electron chi connectivity index (χ4n) is 6.70. The summed E-state index contributed by atoms with van der Waals surface area (Å²) in [5, 5.41) is 34.3. The minimum absolute atomic E-state index is 0.143. The number of Topliss-reactive ketones (excluding diaryl/α,β-unsaturated/α-hetero) is 1. The van der Waals surface area contributed by atoms with Crippen LogP contribution in [0, 0.1) is 23.7 Å².